The van der Waals surface area contributed by atoms with E-state index in [1.54, 1.807) is 16.7 Å². The number of nitrogens with zero attached hydrogens (tertiary/aromatic N) is 2. The van der Waals surface area contributed by atoms with E-state index in [1.165, 1.54) is 0 Å². The SMILES string of the molecule is Cc1cc(C)c(NC(=O)c2nc(C(=O)NCCC(C)C)n3ccccc23)c(C)c1. The number of hydrogen-bond donors (Lipinski definition) is 2. The Morgan fingerprint density at radius 1 is 1.07 bits per heavy atom. The monoisotopic (exact) mass is 392 g/mol. The fourth-order valence-electron chi connectivity index (χ4n) is 3.47. The summed E-state index contributed by atoms with van der Waals surface area (Å²) in [5, 5.41) is 5.87. The average molecular weight is 393 g/mol. The van der Waals surface area contributed by atoms with Gasteiger partial charge in [0.25, 0.3) is 11.8 Å². The molecule has 0 radical (unpaired) electrons. The predicted octanol–water partition coefficient (Wildman–Crippen LogP) is 4.29. The predicted molar refractivity (Wildman–Crippen MR) is 116 cm³/mol. The molecule has 0 aliphatic heterocycles. The average Bonchev–Trinajstić information content (AvgIpc) is 3.04. The zero-order chi connectivity index (χ0) is 21.1. The van der Waals surface area contributed by atoms with Crippen LogP contribution in [0.2, 0.25) is 0 Å². The molecule has 2 aromatic heterocycles. The van der Waals surface area contributed by atoms with Crippen molar-refractivity contribution in [3.8, 4) is 0 Å². The molecule has 0 aliphatic rings. The zero-order valence-corrected chi connectivity index (χ0v) is 17.7. The number of nitrogens with one attached hydrogen (secondary N) is 2. The molecule has 0 saturated heterocycles. The molecule has 3 aromatic rings. The molecule has 3 rings (SSSR count). The van der Waals surface area contributed by atoms with Gasteiger partial charge in [-0.1, -0.05) is 37.6 Å². The van der Waals surface area contributed by atoms with E-state index >= 15 is 0 Å². The Bertz CT molecular complexity index is 1040. The summed E-state index contributed by atoms with van der Waals surface area (Å²) in [6.07, 6.45) is 2.63. The molecule has 0 saturated carbocycles. The van der Waals surface area contributed by atoms with Crippen LogP contribution in [0.25, 0.3) is 5.52 Å². The van der Waals surface area contributed by atoms with Gasteiger partial charge in [0.05, 0.1) is 5.52 Å². The van der Waals surface area contributed by atoms with Crippen LogP contribution in [0.15, 0.2) is 36.5 Å². The van der Waals surface area contributed by atoms with E-state index in [2.05, 4.69) is 29.5 Å². The molecule has 0 unspecified atom stereocenters. The first kappa shape index (κ1) is 20.6. The minimum atomic E-state index is -0.329. The Hall–Kier alpha value is -3.15. The first-order chi connectivity index (χ1) is 13.8. The summed E-state index contributed by atoms with van der Waals surface area (Å²) >= 11 is 0. The Morgan fingerprint density at radius 3 is 2.41 bits per heavy atom. The Kier molecular flexibility index (Phi) is 6.01. The minimum absolute atomic E-state index is 0.215. The third-order valence-electron chi connectivity index (χ3n) is 4.89. The van der Waals surface area contributed by atoms with Crippen LogP contribution >= 0.6 is 0 Å². The second-order valence-electron chi connectivity index (χ2n) is 7.91. The van der Waals surface area contributed by atoms with Crippen LogP contribution in [-0.4, -0.2) is 27.7 Å². The molecule has 0 bridgehead atoms. The molecule has 29 heavy (non-hydrogen) atoms. The molecule has 0 aliphatic carbocycles. The van der Waals surface area contributed by atoms with Crippen molar-refractivity contribution in [2.45, 2.75) is 41.0 Å². The molecule has 0 fully saturated rings. The van der Waals surface area contributed by atoms with Gasteiger partial charge in [0, 0.05) is 18.4 Å². The van der Waals surface area contributed by atoms with E-state index < -0.39 is 0 Å². The van der Waals surface area contributed by atoms with E-state index in [0.717, 1.165) is 28.8 Å². The third kappa shape index (κ3) is 4.47. The third-order valence-corrected chi connectivity index (χ3v) is 4.89. The van der Waals surface area contributed by atoms with Crippen molar-refractivity contribution < 1.29 is 9.59 Å². The maximum Gasteiger partial charge on any atom is 0.287 e. The number of imidazole rings is 1. The second kappa shape index (κ2) is 8.47. The van der Waals surface area contributed by atoms with Crippen molar-refractivity contribution in [2.75, 3.05) is 11.9 Å². The molecular formula is C23H28N4O2. The first-order valence-corrected chi connectivity index (χ1v) is 9.92. The number of pyridine rings is 1. The van der Waals surface area contributed by atoms with Crippen LogP contribution in [0.5, 0.6) is 0 Å². The van der Waals surface area contributed by atoms with Crippen molar-refractivity contribution in [2.24, 2.45) is 5.92 Å². The van der Waals surface area contributed by atoms with Crippen LogP contribution in [0.4, 0.5) is 5.69 Å². The summed E-state index contributed by atoms with van der Waals surface area (Å²) < 4.78 is 1.66. The molecule has 0 atom stereocenters. The van der Waals surface area contributed by atoms with Crippen molar-refractivity contribution >= 4 is 23.0 Å². The van der Waals surface area contributed by atoms with Gasteiger partial charge in [-0.3, -0.25) is 14.0 Å². The standard InChI is InChI=1S/C23H28N4O2/c1-14(2)9-10-24-23(29)21-25-20(18-8-6-7-11-27(18)21)22(28)26-19-16(4)12-15(3)13-17(19)5/h6-8,11-14H,9-10H2,1-5H3,(H,24,29)(H,26,28). The highest BCUT2D eigenvalue weighted by Crippen LogP contribution is 2.23. The number of amides is 2. The summed E-state index contributed by atoms with van der Waals surface area (Å²) in [7, 11) is 0. The molecule has 2 amide bonds. The topological polar surface area (TPSA) is 75.5 Å². The summed E-state index contributed by atoms with van der Waals surface area (Å²) in [5.74, 6) is 0.0973. The van der Waals surface area contributed by atoms with Crippen molar-refractivity contribution in [3.05, 3.63) is 64.7 Å². The lowest BCUT2D eigenvalue weighted by Gasteiger charge is -2.12. The molecule has 6 nitrogen and oxygen atoms in total. The number of rotatable bonds is 6. The summed E-state index contributed by atoms with van der Waals surface area (Å²) in [6, 6.07) is 9.50. The van der Waals surface area contributed by atoms with E-state index in [4.69, 9.17) is 0 Å². The van der Waals surface area contributed by atoms with Crippen LogP contribution in [0.3, 0.4) is 0 Å². The molecule has 1 aromatic carbocycles. The number of hydrogen-bond acceptors (Lipinski definition) is 3. The highest BCUT2D eigenvalue weighted by Gasteiger charge is 2.22. The van der Waals surface area contributed by atoms with E-state index in [0.29, 0.717) is 18.0 Å². The highest BCUT2D eigenvalue weighted by molar-refractivity contribution is 6.09. The molecular weight excluding hydrogens is 364 g/mol. The smallest absolute Gasteiger partial charge is 0.287 e. The number of carbonyl (C=O) groups excluding carboxylic acids is 2. The van der Waals surface area contributed by atoms with E-state index in [1.807, 2.05) is 45.0 Å². The van der Waals surface area contributed by atoms with Crippen molar-refractivity contribution in [1.82, 2.24) is 14.7 Å². The number of fused-ring (bicyclic) bond motifs is 1. The summed E-state index contributed by atoms with van der Waals surface area (Å²) in [4.78, 5) is 30.1. The van der Waals surface area contributed by atoms with E-state index in [-0.39, 0.29) is 23.3 Å². The summed E-state index contributed by atoms with van der Waals surface area (Å²) in [6.45, 7) is 10.7. The zero-order valence-electron chi connectivity index (χ0n) is 17.7. The molecule has 152 valence electrons. The molecule has 2 N–H and O–H groups in total. The quantitative estimate of drug-likeness (QED) is 0.657. The lowest BCUT2D eigenvalue weighted by atomic mass is 10.0. The van der Waals surface area contributed by atoms with Gasteiger partial charge in [-0.15, -0.1) is 0 Å². The van der Waals surface area contributed by atoms with Gasteiger partial charge in [-0.2, -0.15) is 0 Å². The first-order valence-electron chi connectivity index (χ1n) is 9.92. The number of anilines is 1. The Labute approximate surface area is 171 Å². The fourth-order valence-corrected chi connectivity index (χ4v) is 3.47. The van der Waals surface area contributed by atoms with Gasteiger partial charge in [0.2, 0.25) is 5.82 Å². The maximum absolute atomic E-state index is 13.0. The minimum Gasteiger partial charge on any atom is -0.349 e. The van der Waals surface area contributed by atoms with Crippen LogP contribution < -0.4 is 10.6 Å². The second-order valence-corrected chi connectivity index (χ2v) is 7.91. The number of aromatic nitrogens is 2. The van der Waals surface area contributed by atoms with Gasteiger partial charge in [0.15, 0.2) is 5.69 Å². The van der Waals surface area contributed by atoms with E-state index in [9.17, 15) is 9.59 Å². The lowest BCUT2D eigenvalue weighted by molar-refractivity contribution is 0.0941. The molecule has 6 heteroatoms. The van der Waals surface area contributed by atoms with Crippen LogP contribution in [0, 0.1) is 26.7 Å². The van der Waals surface area contributed by atoms with Crippen molar-refractivity contribution in [1.29, 1.82) is 0 Å². The fraction of sp³-hybridized carbons (Fsp3) is 0.348. The van der Waals surface area contributed by atoms with Crippen LogP contribution in [0.1, 0.15) is 58.1 Å². The molecule has 0 spiro atoms. The lowest BCUT2D eigenvalue weighted by Crippen LogP contribution is -2.27. The maximum atomic E-state index is 13.0. The molecule has 2 heterocycles. The number of carbonyl (C=O) groups is 2. The highest BCUT2D eigenvalue weighted by atomic mass is 16.2. The summed E-state index contributed by atoms with van der Waals surface area (Å²) in [5.41, 5.74) is 4.74. The van der Waals surface area contributed by atoms with Crippen LogP contribution in [-0.2, 0) is 0 Å². The Morgan fingerprint density at radius 2 is 1.76 bits per heavy atom. The normalized spacial score (nSPS) is 11.1. The van der Waals surface area contributed by atoms with Crippen molar-refractivity contribution in [3.63, 3.8) is 0 Å². The Balaban J connectivity index is 1.92. The van der Waals surface area contributed by atoms with Gasteiger partial charge in [0.1, 0.15) is 0 Å². The number of benzene rings is 1. The number of aryl methyl sites for hydroxylation is 3. The van der Waals surface area contributed by atoms with Gasteiger partial charge < -0.3 is 10.6 Å². The van der Waals surface area contributed by atoms with Gasteiger partial charge in [-0.25, -0.2) is 4.98 Å². The van der Waals surface area contributed by atoms with Gasteiger partial charge in [-0.05, 0) is 56.4 Å². The van der Waals surface area contributed by atoms with Gasteiger partial charge >= 0.3 is 0 Å². The largest absolute Gasteiger partial charge is 0.349 e.